The quantitative estimate of drug-likeness (QED) is 0.842. The molecule has 0 saturated carbocycles. The Morgan fingerprint density at radius 3 is 2.63 bits per heavy atom. The SMILES string of the molecule is COc1cc(Cl)cnc1-c1cccc(C(F)(F)F)n1. The van der Waals surface area contributed by atoms with Crippen LogP contribution in [0.3, 0.4) is 0 Å². The Balaban J connectivity index is 2.53. The van der Waals surface area contributed by atoms with Crippen LogP contribution in [0.4, 0.5) is 13.2 Å². The van der Waals surface area contributed by atoms with E-state index in [0.717, 1.165) is 6.07 Å². The Morgan fingerprint density at radius 1 is 1.26 bits per heavy atom. The number of halogens is 4. The van der Waals surface area contributed by atoms with Crippen molar-refractivity contribution in [3.05, 3.63) is 41.2 Å². The van der Waals surface area contributed by atoms with E-state index < -0.39 is 11.9 Å². The molecule has 2 rings (SSSR count). The van der Waals surface area contributed by atoms with Crippen molar-refractivity contribution < 1.29 is 17.9 Å². The van der Waals surface area contributed by atoms with Gasteiger partial charge in [-0.1, -0.05) is 17.7 Å². The maximum absolute atomic E-state index is 12.6. The minimum Gasteiger partial charge on any atom is -0.494 e. The molecule has 0 radical (unpaired) electrons. The van der Waals surface area contributed by atoms with Gasteiger partial charge >= 0.3 is 6.18 Å². The van der Waals surface area contributed by atoms with E-state index in [1.165, 1.54) is 31.5 Å². The van der Waals surface area contributed by atoms with Gasteiger partial charge < -0.3 is 4.74 Å². The van der Waals surface area contributed by atoms with E-state index >= 15 is 0 Å². The van der Waals surface area contributed by atoms with Crippen molar-refractivity contribution in [1.82, 2.24) is 9.97 Å². The highest BCUT2D eigenvalue weighted by Gasteiger charge is 2.32. The molecular formula is C12H8ClF3N2O. The number of aromatic nitrogens is 2. The number of hydrogen-bond donors (Lipinski definition) is 0. The molecule has 2 aromatic rings. The molecule has 0 N–H and O–H groups in total. The first kappa shape index (κ1) is 13.6. The Bertz CT molecular complexity index is 602. The standard InChI is InChI=1S/C12H8ClF3N2O/c1-19-9-5-7(13)6-17-11(9)8-3-2-4-10(18-8)12(14,15)16/h2-6H,1H3. The summed E-state index contributed by atoms with van der Waals surface area (Å²) in [7, 11) is 1.38. The molecule has 7 heteroatoms. The molecule has 0 atom stereocenters. The largest absolute Gasteiger partial charge is 0.494 e. The van der Waals surface area contributed by atoms with Crippen LogP contribution in [0.2, 0.25) is 5.02 Å². The highest BCUT2D eigenvalue weighted by molar-refractivity contribution is 6.30. The topological polar surface area (TPSA) is 35.0 Å². The normalized spacial score (nSPS) is 11.4. The van der Waals surface area contributed by atoms with Gasteiger partial charge in [-0.3, -0.25) is 0 Å². The summed E-state index contributed by atoms with van der Waals surface area (Å²) in [4.78, 5) is 7.50. The Labute approximate surface area is 112 Å². The fourth-order valence-electron chi connectivity index (χ4n) is 1.49. The number of pyridine rings is 2. The maximum Gasteiger partial charge on any atom is 0.433 e. The smallest absolute Gasteiger partial charge is 0.433 e. The van der Waals surface area contributed by atoms with Crippen LogP contribution >= 0.6 is 11.6 Å². The van der Waals surface area contributed by atoms with Gasteiger partial charge in [0.2, 0.25) is 0 Å². The maximum atomic E-state index is 12.6. The third-order valence-corrected chi connectivity index (χ3v) is 2.53. The molecular weight excluding hydrogens is 281 g/mol. The minimum absolute atomic E-state index is 0.0725. The molecule has 0 bridgehead atoms. The zero-order valence-electron chi connectivity index (χ0n) is 9.70. The number of nitrogens with zero attached hydrogens (tertiary/aromatic N) is 2. The molecule has 2 aromatic heterocycles. The van der Waals surface area contributed by atoms with Crippen LogP contribution in [0.1, 0.15) is 5.69 Å². The molecule has 0 amide bonds. The third kappa shape index (κ3) is 2.96. The van der Waals surface area contributed by atoms with E-state index in [9.17, 15) is 13.2 Å². The van der Waals surface area contributed by atoms with Gasteiger partial charge in [-0.25, -0.2) is 9.97 Å². The van der Waals surface area contributed by atoms with Gasteiger partial charge in [0.05, 0.1) is 17.8 Å². The lowest BCUT2D eigenvalue weighted by Gasteiger charge is -2.10. The predicted octanol–water partition coefficient (Wildman–Crippen LogP) is 3.82. The van der Waals surface area contributed by atoms with Gasteiger partial charge in [0.15, 0.2) is 0 Å². The average molecular weight is 289 g/mol. The first-order valence-corrected chi connectivity index (χ1v) is 5.54. The lowest BCUT2D eigenvalue weighted by Crippen LogP contribution is -2.08. The monoisotopic (exact) mass is 288 g/mol. The number of methoxy groups -OCH3 is 1. The molecule has 2 heterocycles. The molecule has 0 spiro atoms. The van der Waals surface area contributed by atoms with Crippen molar-refractivity contribution in [3.63, 3.8) is 0 Å². The Kier molecular flexibility index (Phi) is 3.61. The molecule has 3 nitrogen and oxygen atoms in total. The van der Waals surface area contributed by atoms with Gasteiger partial charge in [0.1, 0.15) is 17.1 Å². The van der Waals surface area contributed by atoms with E-state index in [-0.39, 0.29) is 17.1 Å². The molecule has 0 unspecified atom stereocenters. The van der Waals surface area contributed by atoms with E-state index in [1.54, 1.807) is 0 Å². The van der Waals surface area contributed by atoms with E-state index in [0.29, 0.717) is 5.02 Å². The van der Waals surface area contributed by atoms with Gasteiger partial charge in [-0.05, 0) is 12.1 Å². The summed E-state index contributed by atoms with van der Waals surface area (Å²) in [6, 6.07) is 5.05. The summed E-state index contributed by atoms with van der Waals surface area (Å²) in [5.41, 5.74) is -0.704. The Hall–Kier alpha value is -1.82. The predicted molar refractivity (Wildman–Crippen MR) is 64.0 cm³/mol. The van der Waals surface area contributed by atoms with Crippen LogP contribution in [0.25, 0.3) is 11.4 Å². The highest BCUT2D eigenvalue weighted by Crippen LogP contribution is 2.32. The summed E-state index contributed by atoms with van der Waals surface area (Å²) in [5.74, 6) is 0.263. The number of ether oxygens (including phenoxy) is 1. The summed E-state index contributed by atoms with van der Waals surface area (Å²) in [5, 5.41) is 0.326. The van der Waals surface area contributed by atoms with Crippen LogP contribution in [-0.2, 0) is 6.18 Å². The average Bonchev–Trinajstić information content (AvgIpc) is 2.37. The van der Waals surface area contributed by atoms with Crippen molar-refractivity contribution in [1.29, 1.82) is 0 Å². The molecule has 0 aliphatic heterocycles. The van der Waals surface area contributed by atoms with Crippen molar-refractivity contribution >= 4 is 11.6 Å². The lowest BCUT2D eigenvalue weighted by atomic mass is 10.2. The summed E-state index contributed by atoms with van der Waals surface area (Å²) in [6.07, 6.45) is -3.18. The van der Waals surface area contributed by atoms with E-state index in [1.807, 2.05) is 0 Å². The van der Waals surface area contributed by atoms with Crippen LogP contribution in [0, 0.1) is 0 Å². The van der Waals surface area contributed by atoms with Gasteiger partial charge in [0.25, 0.3) is 0 Å². The number of rotatable bonds is 2. The molecule has 0 aromatic carbocycles. The number of alkyl halides is 3. The van der Waals surface area contributed by atoms with E-state index in [2.05, 4.69) is 9.97 Å². The van der Waals surface area contributed by atoms with Crippen LogP contribution in [-0.4, -0.2) is 17.1 Å². The highest BCUT2D eigenvalue weighted by atomic mass is 35.5. The van der Waals surface area contributed by atoms with Crippen LogP contribution in [0.15, 0.2) is 30.5 Å². The zero-order valence-corrected chi connectivity index (χ0v) is 10.5. The third-order valence-electron chi connectivity index (χ3n) is 2.32. The number of hydrogen-bond acceptors (Lipinski definition) is 3. The van der Waals surface area contributed by atoms with Crippen molar-refractivity contribution in [3.8, 4) is 17.1 Å². The zero-order chi connectivity index (χ0) is 14.0. The molecule has 19 heavy (non-hydrogen) atoms. The van der Waals surface area contributed by atoms with Crippen LogP contribution in [0.5, 0.6) is 5.75 Å². The minimum atomic E-state index is -4.50. The first-order chi connectivity index (χ1) is 8.91. The summed E-state index contributed by atoms with van der Waals surface area (Å²) >= 11 is 5.74. The van der Waals surface area contributed by atoms with Crippen LogP contribution < -0.4 is 4.74 Å². The van der Waals surface area contributed by atoms with Crippen molar-refractivity contribution in [2.45, 2.75) is 6.18 Å². The van der Waals surface area contributed by atoms with Crippen molar-refractivity contribution in [2.75, 3.05) is 7.11 Å². The first-order valence-electron chi connectivity index (χ1n) is 5.16. The second-order valence-electron chi connectivity index (χ2n) is 3.61. The van der Waals surface area contributed by atoms with Gasteiger partial charge in [-0.2, -0.15) is 13.2 Å². The van der Waals surface area contributed by atoms with Crippen molar-refractivity contribution in [2.24, 2.45) is 0 Å². The Morgan fingerprint density at radius 2 is 2.00 bits per heavy atom. The molecule has 0 aliphatic rings. The summed E-state index contributed by atoms with van der Waals surface area (Å²) in [6.45, 7) is 0. The lowest BCUT2D eigenvalue weighted by molar-refractivity contribution is -0.141. The second-order valence-corrected chi connectivity index (χ2v) is 4.05. The summed E-state index contributed by atoms with van der Waals surface area (Å²) < 4.78 is 42.8. The van der Waals surface area contributed by atoms with E-state index in [4.69, 9.17) is 16.3 Å². The molecule has 0 fully saturated rings. The molecule has 0 saturated heterocycles. The fourth-order valence-corrected chi connectivity index (χ4v) is 1.64. The fraction of sp³-hybridized carbons (Fsp3) is 0.167. The van der Waals surface area contributed by atoms with Gasteiger partial charge in [-0.15, -0.1) is 0 Å². The molecule has 100 valence electrons. The second kappa shape index (κ2) is 5.05. The molecule has 0 aliphatic carbocycles. The van der Waals surface area contributed by atoms with Gasteiger partial charge in [0, 0.05) is 12.3 Å².